The van der Waals surface area contributed by atoms with E-state index in [0.29, 0.717) is 15.0 Å². The Morgan fingerprint density at radius 1 is 1.40 bits per heavy atom. The number of carbonyl (C=O) groups is 1. The Morgan fingerprint density at radius 3 is 2.52 bits per heavy atom. The number of amides is 1. The SMILES string of the molecule is C[C@H](c1nc2sc([S+](C)[O-])nc2c(=O)n1C)N(C)C(=O)OC(C)(C)C. The molecule has 0 saturated heterocycles. The van der Waals surface area contributed by atoms with Crippen LogP contribution in [-0.2, 0) is 23.0 Å². The molecule has 0 N–H and O–H groups in total. The van der Waals surface area contributed by atoms with Gasteiger partial charge in [0.25, 0.3) is 5.56 Å². The number of nitrogens with zero attached hydrogens (tertiary/aromatic N) is 4. The molecule has 0 saturated carbocycles. The van der Waals surface area contributed by atoms with Crippen molar-refractivity contribution in [3.05, 3.63) is 16.2 Å². The van der Waals surface area contributed by atoms with E-state index in [1.165, 1.54) is 15.7 Å². The number of hydrogen-bond donors (Lipinski definition) is 0. The molecular formula is C15H22N4O4S2. The molecule has 8 nitrogen and oxygen atoms in total. The zero-order valence-electron chi connectivity index (χ0n) is 15.3. The van der Waals surface area contributed by atoms with Crippen molar-refractivity contribution in [3.63, 3.8) is 0 Å². The highest BCUT2D eigenvalue weighted by atomic mass is 32.2. The van der Waals surface area contributed by atoms with Gasteiger partial charge in [-0.25, -0.2) is 9.78 Å². The van der Waals surface area contributed by atoms with E-state index in [1.807, 2.05) is 0 Å². The van der Waals surface area contributed by atoms with Crippen LogP contribution in [0.25, 0.3) is 10.3 Å². The van der Waals surface area contributed by atoms with Gasteiger partial charge in [0.05, 0.1) is 6.04 Å². The largest absolute Gasteiger partial charge is 0.610 e. The number of ether oxygens (including phenoxy) is 1. The topological polar surface area (TPSA) is 100 Å². The van der Waals surface area contributed by atoms with Gasteiger partial charge in [0.2, 0.25) is 0 Å². The maximum Gasteiger partial charge on any atom is 0.410 e. The van der Waals surface area contributed by atoms with Crippen LogP contribution in [0.5, 0.6) is 0 Å². The monoisotopic (exact) mass is 386 g/mol. The predicted molar refractivity (Wildman–Crippen MR) is 97.4 cm³/mol. The van der Waals surface area contributed by atoms with Crippen molar-refractivity contribution in [1.29, 1.82) is 0 Å². The lowest BCUT2D eigenvalue weighted by Crippen LogP contribution is -2.38. The summed E-state index contributed by atoms with van der Waals surface area (Å²) in [5.74, 6) is 0.406. The summed E-state index contributed by atoms with van der Waals surface area (Å²) in [6.45, 7) is 7.12. The van der Waals surface area contributed by atoms with Gasteiger partial charge in [0.1, 0.15) is 17.7 Å². The highest BCUT2D eigenvalue weighted by molar-refractivity contribution is 7.92. The standard InChI is InChI=1S/C15H22N4O4S2/c1-8(18(5)14(21)23-15(2,3)4)10-17-11-9(12(20)19(10)6)16-13(24-11)25(7)22/h8H,1-7H3/t8-,25?/m1/s1. The third-order valence-electron chi connectivity index (χ3n) is 3.54. The quantitative estimate of drug-likeness (QED) is 0.749. The average molecular weight is 386 g/mol. The lowest BCUT2D eigenvalue weighted by molar-refractivity contribution is 0.0224. The molecule has 0 aromatic carbocycles. The van der Waals surface area contributed by atoms with Crippen LogP contribution in [0.2, 0.25) is 0 Å². The first-order valence-corrected chi connectivity index (χ1v) is 9.96. The number of hydrogen-bond acceptors (Lipinski definition) is 7. The number of aromatic nitrogens is 3. The minimum atomic E-state index is -1.29. The van der Waals surface area contributed by atoms with Crippen LogP contribution in [0.3, 0.4) is 0 Å². The van der Waals surface area contributed by atoms with E-state index in [1.54, 1.807) is 41.8 Å². The van der Waals surface area contributed by atoms with Crippen LogP contribution in [0.15, 0.2) is 9.13 Å². The lowest BCUT2D eigenvalue weighted by Gasteiger charge is -2.28. The zero-order valence-corrected chi connectivity index (χ0v) is 16.9. The van der Waals surface area contributed by atoms with Gasteiger partial charge >= 0.3 is 10.4 Å². The molecule has 0 fully saturated rings. The highest BCUT2D eigenvalue weighted by Crippen LogP contribution is 2.25. The summed E-state index contributed by atoms with van der Waals surface area (Å²) in [7, 11) is 3.17. The number of carbonyl (C=O) groups excluding carboxylic acids is 1. The zero-order chi connectivity index (χ0) is 19.1. The summed E-state index contributed by atoms with van der Waals surface area (Å²) in [5.41, 5.74) is -0.766. The molecule has 0 aliphatic heterocycles. The Bertz CT molecular complexity index is 854. The molecule has 0 aliphatic rings. The Hall–Kier alpha value is -1.65. The van der Waals surface area contributed by atoms with Gasteiger partial charge in [-0.05, 0) is 39.0 Å². The first-order chi connectivity index (χ1) is 11.4. The molecule has 1 amide bonds. The normalized spacial score (nSPS) is 14.4. The number of thiazole rings is 1. The van der Waals surface area contributed by atoms with Gasteiger partial charge in [-0.3, -0.25) is 9.36 Å². The number of rotatable bonds is 3. The second kappa shape index (κ2) is 6.93. The molecule has 0 spiro atoms. The minimum Gasteiger partial charge on any atom is -0.610 e. The summed E-state index contributed by atoms with van der Waals surface area (Å²) in [6.07, 6.45) is 0.996. The first kappa shape index (κ1) is 19.7. The van der Waals surface area contributed by atoms with Crippen molar-refractivity contribution in [2.75, 3.05) is 13.3 Å². The number of fused-ring (bicyclic) bond motifs is 1. The molecule has 2 atom stereocenters. The van der Waals surface area contributed by atoms with Gasteiger partial charge < -0.3 is 14.2 Å². The van der Waals surface area contributed by atoms with E-state index >= 15 is 0 Å². The van der Waals surface area contributed by atoms with Crippen molar-refractivity contribution in [1.82, 2.24) is 19.4 Å². The van der Waals surface area contributed by atoms with Gasteiger partial charge in [-0.2, -0.15) is 4.98 Å². The third kappa shape index (κ3) is 4.13. The van der Waals surface area contributed by atoms with E-state index < -0.39 is 28.9 Å². The van der Waals surface area contributed by atoms with E-state index in [4.69, 9.17) is 4.74 Å². The molecular weight excluding hydrogens is 364 g/mol. The van der Waals surface area contributed by atoms with Crippen LogP contribution in [-0.4, -0.2) is 49.0 Å². The van der Waals surface area contributed by atoms with Gasteiger partial charge in [0.15, 0.2) is 10.3 Å². The Kier molecular flexibility index (Phi) is 5.45. The van der Waals surface area contributed by atoms with E-state index in [2.05, 4.69) is 9.97 Å². The second-order valence-corrected chi connectivity index (χ2v) is 9.22. The van der Waals surface area contributed by atoms with Crippen molar-refractivity contribution in [2.24, 2.45) is 7.05 Å². The molecule has 2 aromatic heterocycles. The molecule has 0 radical (unpaired) electrons. The summed E-state index contributed by atoms with van der Waals surface area (Å²) >= 11 is -0.167. The maximum atomic E-state index is 12.5. The molecule has 2 heterocycles. The van der Waals surface area contributed by atoms with Crippen molar-refractivity contribution in [3.8, 4) is 0 Å². The van der Waals surface area contributed by atoms with Crippen molar-refractivity contribution < 1.29 is 14.1 Å². The molecule has 1 unspecified atom stereocenters. The van der Waals surface area contributed by atoms with E-state index in [9.17, 15) is 14.1 Å². The van der Waals surface area contributed by atoms with Crippen LogP contribution in [0, 0.1) is 0 Å². The van der Waals surface area contributed by atoms with Crippen molar-refractivity contribution in [2.45, 2.75) is 43.7 Å². The van der Waals surface area contributed by atoms with Crippen LogP contribution in [0.1, 0.15) is 39.6 Å². The summed E-state index contributed by atoms with van der Waals surface area (Å²) in [5, 5.41) is 0. The molecule has 0 aliphatic carbocycles. The smallest absolute Gasteiger partial charge is 0.410 e. The highest BCUT2D eigenvalue weighted by Gasteiger charge is 2.27. The second-order valence-electron chi connectivity index (χ2n) is 6.69. The summed E-state index contributed by atoms with van der Waals surface area (Å²) in [4.78, 5) is 35.2. The molecule has 138 valence electrons. The summed E-state index contributed by atoms with van der Waals surface area (Å²) in [6, 6.07) is -0.491. The average Bonchev–Trinajstić information content (AvgIpc) is 2.92. The maximum absolute atomic E-state index is 12.5. The Labute approximate surface area is 153 Å². The fraction of sp³-hybridized carbons (Fsp3) is 0.600. The van der Waals surface area contributed by atoms with Crippen LogP contribution < -0.4 is 5.56 Å². The van der Waals surface area contributed by atoms with E-state index in [0.717, 1.165) is 11.3 Å². The molecule has 25 heavy (non-hydrogen) atoms. The van der Waals surface area contributed by atoms with Crippen molar-refractivity contribution >= 4 is 39.0 Å². The van der Waals surface area contributed by atoms with E-state index in [-0.39, 0.29) is 11.1 Å². The van der Waals surface area contributed by atoms with Gasteiger partial charge in [-0.15, -0.1) is 0 Å². The summed E-state index contributed by atoms with van der Waals surface area (Å²) < 4.78 is 18.7. The van der Waals surface area contributed by atoms with Gasteiger partial charge in [0, 0.05) is 25.3 Å². The molecule has 10 heteroatoms. The molecule has 2 rings (SSSR count). The van der Waals surface area contributed by atoms with Crippen LogP contribution in [0.4, 0.5) is 4.79 Å². The fourth-order valence-electron chi connectivity index (χ4n) is 2.11. The minimum absolute atomic E-state index is 0.188. The first-order valence-electron chi connectivity index (χ1n) is 7.59. The van der Waals surface area contributed by atoms with Crippen LogP contribution >= 0.6 is 11.3 Å². The molecule has 2 aromatic rings. The predicted octanol–water partition coefficient (Wildman–Crippen LogP) is 2.06. The third-order valence-corrected chi connectivity index (χ3v) is 5.82. The molecule has 0 bridgehead atoms. The van der Waals surface area contributed by atoms with Gasteiger partial charge in [-0.1, -0.05) is 0 Å². The Morgan fingerprint density at radius 2 is 2.00 bits per heavy atom. The Balaban J connectivity index is 2.44. The fourth-order valence-corrected chi connectivity index (χ4v) is 3.71. The lowest BCUT2D eigenvalue weighted by atomic mass is 10.2.